The van der Waals surface area contributed by atoms with E-state index < -0.39 is 0 Å². The molecule has 1 heterocycles. The molecule has 1 saturated heterocycles. The minimum Gasteiger partial charge on any atom is -0.461 e. The molecule has 0 aromatic heterocycles. The van der Waals surface area contributed by atoms with Crippen LogP contribution in [0.4, 0.5) is 0 Å². The molecule has 1 aliphatic heterocycles. The molecule has 2 aromatic rings. The highest BCUT2D eigenvalue weighted by atomic mass is 16.5. The van der Waals surface area contributed by atoms with Crippen LogP contribution in [0.1, 0.15) is 57.7 Å². The Labute approximate surface area is 157 Å². The second kappa shape index (κ2) is 6.43. The number of hydrogen-bond acceptors (Lipinski definition) is 5. The highest BCUT2D eigenvalue weighted by Gasteiger charge is 2.42. The molecule has 27 heavy (non-hydrogen) atoms. The smallest absolute Gasteiger partial charge is 0.307 e. The van der Waals surface area contributed by atoms with E-state index in [4.69, 9.17) is 4.74 Å². The molecule has 0 N–H and O–H groups in total. The zero-order valence-electron chi connectivity index (χ0n) is 15.5. The van der Waals surface area contributed by atoms with Gasteiger partial charge in [-0.3, -0.25) is 19.3 Å². The van der Waals surface area contributed by atoms with Gasteiger partial charge in [0.25, 0.3) is 0 Å². The van der Waals surface area contributed by atoms with Gasteiger partial charge in [-0.05, 0) is 31.5 Å². The molecular formula is C22H21NO4. The van der Waals surface area contributed by atoms with Gasteiger partial charge in [0.05, 0.1) is 6.42 Å². The molecule has 0 saturated carbocycles. The average molecular weight is 363 g/mol. The van der Waals surface area contributed by atoms with Crippen LogP contribution in [0.3, 0.4) is 0 Å². The van der Waals surface area contributed by atoms with Crippen molar-refractivity contribution in [1.82, 2.24) is 4.90 Å². The summed E-state index contributed by atoms with van der Waals surface area (Å²) in [4.78, 5) is 39.5. The Balaban J connectivity index is 1.43. The van der Waals surface area contributed by atoms with Gasteiger partial charge in [-0.1, -0.05) is 30.3 Å². The molecule has 2 aliphatic rings. The number of carbonyl (C=O) groups excluding carboxylic acids is 3. The lowest BCUT2D eigenvalue weighted by Crippen LogP contribution is -2.21. The predicted octanol–water partition coefficient (Wildman–Crippen LogP) is 2.99. The lowest BCUT2D eigenvalue weighted by atomic mass is 9.83. The molecule has 1 fully saturated rings. The number of ether oxygens (including phenoxy) is 1. The van der Waals surface area contributed by atoms with Gasteiger partial charge in [-0.25, -0.2) is 0 Å². The van der Waals surface area contributed by atoms with Crippen molar-refractivity contribution in [1.29, 1.82) is 0 Å². The highest BCUT2D eigenvalue weighted by molar-refractivity contribution is 6.28. The van der Waals surface area contributed by atoms with E-state index in [1.807, 2.05) is 0 Å². The fourth-order valence-corrected chi connectivity index (χ4v) is 3.51. The zero-order chi connectivity index (χ0) is 19.2. The monoisotopic (exact) mass is 363 g/mol. The summed E-state index contributed by atoms with van der Waals surface area (Å²) in [5, 5.41) is 0. The van der Waals surface area contributed by atoms with Gasteiger partial charge in [0.1, 0.15) is 6.61 Å². The Hall–Kier alpha value is -2.79. The predicted molar refractivity (Wildman–Crippen MR) is 99.8 cm³/mol. The van der Waals surface area contributed by atoms with Crippen molar-refractivity contribution >= 4 is 17.5 Å². The van der Waals surface area contributed by atoms with Crippen molar-refractivity contribution < 1.29 is 19.1 Å². The van der Waals surface area contributed by atoms with Gasteiger partial charge < -0.3 is 4.74 Å². The van der Waals surface area contributed by atoms with Gasteiger partial charge in [-0.2, -0.15) is 0 Å². The van der Waals surface area contributed by atoms with Crippen molar-refractivity contribution in [2.45, 2.75) is 32.4 Å². The average Bonchev–Trinajstić information content (AvgIpc) is 3.29. The summed E-state index contributed by atoms with van der Waals surface area (Å²) in [5.74, 6) is -0.579. The molecule has 0 amide bonds. The first-order valence-corrected chi connectivity index (χ1v) is 9.09. The van der Waals surface area contributed by atoms with Crippen molar-refractivity contribution in [3.05, 3.63) is 70.3 Å². The number of benzene rings is 2. The number of nitrogens with zero attached hydrogens (tertiary/aromatic N) is 1. The lowest BCUT2D eigenvalue weighted by Gasteiger charge is -2.18. The fourth-order valence-electron chi connectivity index (χ4n) is 3.51. The Morgan fingerprint density at radius 2 is 1.59 bits per heavy atom. The maximum Gasteiger partial charge on any atom is 0.307 e. The summed E-state index contributed by atoms with van der Waals surface area (Å²) in [6, 6.07) is 11.9. The first-order chi connectivity index (χ1) is 12.9. The molecule has 4 rings (SSSR count). The molecule has 5 nitrogen and oxygen atoms in total. The first kappa shape index (κ1) is 17.6. The summed E-state index contributed by atoms with van der Waals surface area (Å²) < 4.78 is 5.34. The summed E-state index contributed by atoms with van der Waals surface area (Å²) in [6.45, 7) is 6.07. The minimum absolute atomic E-state index is 0.0959. The fraction of sp³-hybridized carbons (Fsp3) is 0.318. The van der Waals surface area contributed by atoms with Gasteiger partial charge in [0.2, 0.25) is 0 Å². The summed E-state index contributed by atoms with van der Waals surface area (Å²) in [5.41, 5.74) is 2.53. The minimum atomic E-state index is -0.261. The van der Waals surface area contributed by atoms with Crippen LogP contribution in [0.25, 0.3) is 0 Å². The molecular weight excluding hydrogens is 342 g/mol. The Kier molecular flexibility index (Phi) is 4.19. The van der Waals surface area contributed by atoms with Crippen LogP contribution in [-0.4, -0.2) is 41.1 Å². The highest BCUT2D eigenvalue weighted by Crippen LogP contribution is 2.30. The van der Waals surface area contributed by atoms with E-state index >= 15 is 0 Å². The van der Waals surface area contributed by atoms with Crippen molar-refractivity contribution in [2.75, 3.05) is 13.1 Å². The molecule has 0 radical (unpaired) electrons. The number of hydrogen-bond donors (Lipinski definition) is 0. The van der Waals surface area contributed by atoms with Gasteiger partial charge in [0.15, 0.2) is 11.6 Å². The zero-order valence-corrected chi connectivity index (χ0v) is 15.5. The van der Waals surface area contributed by atoms with Crippen LogP contribution in [-0.2, 0) is 16.1 Å². The van der Waals surface area contributed by atoms with Crippen LogP contribution in [0.5, 0.6) is 0 Å². The van der Waals surface area contributed by atoms with Crippen molar-refractivity contribution in [3.63, 3.8) is 0 Å². The van der Waals surface area contributed by atoms with E-state index in [1.165, 1.54) is 0 Å². The molecule has 0 spiro atoms. The third kappa shape index (κ3) is 3.30. The second-order valence-electron chi connectivity index (χ2n) is 7.73. The third-order valence-corrected chi connectivity index (χ3v) is 5.31. The van der Waals surface area contributed by atoms with E-state index in [1.54, 1.807) is 42.5 Å². The van der Waals surface area contributed by atoms with E-state index in [0.717, 1.165) is 6.54 Å². The maximum atomic E-state index is 12.7. The molecule has 138 valence electrons. The maximum absolute atomic E-state index is 12.7. The van der Waals surface area contributed by atoms with E-state index in [2.05, 4.69) is 18.7 Å². The molecule has 0 bridgehead atoms. The molecule has 2 aromatic carbocycles. The topological polar surface area (TPSA) is 63.4 Å². The van der Waals surface area contributed by atoms with Gasteiger partial charge in [0, 0.05) is 40.9 Å². The Morgan fingerprint density at radius 3 is 2.22 bits per heavy atom. The Morgan fingerprint density at radius 1 is 1.00 bits per heavy atom. The number of carbonyl (C=O) groups is 3. The summed E-state index contributed by atoms with van der Waals surface area (Å²) in [6.07, 6.45) is 0.346. The quantitative estimate of drug-likeness (QED) is 0.515. The standard InChI is InChI=1S/C22H21NO4/c1-22(2)13-23(22)10-9-19(24)27-12-14-7-8-17-18(11-14)21(26)16-6-4-3-5-15(16)20(17)25/h3-8,11H,9-10,12-13H2,1-2H3. The lowest BCUT2D eigenvalue weighted by molar-refractivity contribution is -0.145. The van der Waals surface area contributed by atoms with Gasteiger partial charge in [-0.15, -0.1) is 0 Å². The van der Waals surface area contributed by atoms with Crippen LogP contribution >= 0.6 is 0 Å². The molecule has 1 unspecified atom stereocenters. The van der Waals surface area contributed by atoms with E-state index in [9.17, 15) is 14.4 Å². The van der Waals surface area contributed by atoms with Crippen LogP contribution in [0, 0.1) is 0 Å². The largest absolute Gasteiger partial charge is 0.461 e. The van der Waals surface area contributed by atoms with E-state index in [0.29, 0.717) is 40.8 Å². The number of ketones is 2. The van der Waals surface area contributed by atoms with Crippen molar-refractivity contribution in [2.24, 2.45) is 0 Å². The van der Waals surface area contributed by atoms with Crippen molar-refractivity contribution in [3.8, 4) is 0 Å². The molecule has 1 aliphatic carbocycles. The summed E-state index contributed by atoms with van der Waals surface area (Å²) in [7, 11) is 0. The third-order valence-electron chi connectivity index (χ3n) is 5.31. The second-order valence-corrected chi connectivity index (χ2v) is 7.73. The number of fused-ring (bicyclic) bond motifs is 2. The van der Waals surface area contributed by atoms with Crippen LogP contribution in [0.15, 0.2) is 42.5 Å². The van der Waals surface area contributed by atoms with Crippen LogP contribution < -0.4 is 0 Å². The van der Waals surface area contributed by atoms with Gasteiger partial charge >= 0.3 is 5.97 Å². The SMILES string of the molecule is CC1(C)CN1CCC(=O)OCc1ccc2c(c1)C(=O)c1ccccc1C2=O. The normalized spacial score (nSPS) is 19.3. The Bertz CT molecular complexity index is 961. The van der Waals surface area contributed by atoms with Crippen LogP contribution in [0.2, 0.25) is 0 Å². The molecule has 1 atom stereocenters. The number of esters is 1. The first-order valence-electron chi connectivity index (χ1n) is 9.09. The number of rotatable bonds is 5. The van der Waals surface area contributed by atoms with E-state index in [-0.39, 0.29) is 29.7 Å². The molecule has 5 heteroatoms. The summed E-state index contributed by atoms with van der Waals surface area (Å²) >= 11 is 0.